The molecule has 26 heavy (non-hydrogen) atoms. The number of aryl methyl sites for hydroxylation is 4. The molecule has 0 amide bonds. The van der Waals surface area contributed by atoms with Crippen LogP contribution < -0.4 is 11.2 Å². The number of H-pyrrole nitrogens is 1. The molecule has 0 bridgehead atoms. The lowest BCUT2D eigenvalue weighted by Crippen LogP contribution is -2.29. The average molecular weight is 358 g/mol. The molecular weight excluding hydrogens is 332 g/mol. The maximum atomic E-state index is 12.5. The third-order valence-electron chi connectivity index (χ3n) is 4.66. The highest BCUT2D eigenvalue weighted by atomic mass is 16.2. The summed E-state index contributed by atoms with van der Waals surface area (Å²) < 4.78 is 5.07. The van der Waals surface area contributed by atoms with Gasteiger partial charge in [-0.05, 0) is 31.2 Å². The summed E-state index contributed by atoms with van der Waals surface area (Å²) in [4.78, 5) is 31.5. The van der Waals surface area contributed by atoms with Gasteiger partial charge in [-0.25, -0.2) is 9.48 Å². The lowest BCUT2D eigenvalue weighted by Gasteiger charge is -2.11. The second kappa shape index (κ2) is 6.93. The molecule has 3 aromatic rings. The van der Waals surface area contributed by atoms with Crippen LogP contribution in [0.5, 0.6) is 0 Å². The molecule has 8 heteroatoms. The van der Waals surface area contributed by atoms with Crippen LogP contribution in [0, 0.1) is 5.92 Å². The number of hydrogen-bond donors (Lipinski definition) is 1. The number of imidazole rings is 1. The van der Waals surface area contributed by atoms with Gasteiger partial charge in [0, 0.05) is 19.3 Å². The van der Waals surface area contributed by atoms with Gasteiger partial charge in [0.1, 0.15) is 0 Å². The monoisotopic (exact) mass is 358 g/mol. The van der Waals surface area contributed by atoms with Crippen molar-refractivity contribution in [3.8, 4) is 5.95 Å². The Kier molecular flexibility index (Phi) is 4.84. The number of hydrogen-bond acceptors (Lipinski definition) is 4. The lowest BCUT2D eigenvalue weighted by molar-refractivity contribution is 0.512. The van der Waals surface area contributed by atoms with Crippen molar-refractivity contribution in [2.24, 2.45) is 13.0 Å². The van der Waals surface area contributed by atoms with Crippen molar-refractivity contribution in [1.29, 1.82) is 0 Å². The number of nitrogens with zero attached hydrogens (tertiary/aromatic N) is 5. The van der Waals surface area contributed by atoms with E-state index in [9.17, 15) is 9.59 Å². The minimum atomic E-state index is -0.465. The van der Waals surface area contributed by atoms with Crippen molar-refractivity contribution in [3.63, 3.8) is 0 Å². The number of nitrogens with one attached hydrogen (secondary N) is 1. The SMILES string of the molecule is CCc1cc(CC)n(-c2nc3c(c(=O)[nH]c(=O)n3C)n2CCC(C)C)n1. The van der Waals surface area contributed by atoms with Crippen molar-refractivity contribution in [2.75, 3.05) is 0 Å². The molecule has 8 nitrogen and oxygen atoms in total. The van der Waals surface area contributed by atoms with E-state index in [1.165, 1.54) is 4.57 Å². The minimum absolute atomic E-state index is 0.383. The van der Waals surface area contributed by atoms with E-state index in [4.69, 9.17) is 0 Å². The van der Waals surface area contributed by atoms with E-state index in [0.29, 0.717) is 29.6 Å². The van der Waals surface area contributed by atoms with Crippen molar-refractivity contribution in [3.05, 3.63) is 38.3 Å². The van der Waals surface area contributed by atoms with Crippen molar-refractivity contribution in [1.82, 2.24) is 28.9 Å². The zero-order chi connectivity index (χ0) is 19.0. The van der Waals surface area contributed by atoms with Crippen LogP contribution in [0.2, 0.25) is 0 Å². The predicted octanol–water partition coefficient (Wildman–Crippen LogP) is 1.78. The molecule has 3 rings (SSSR count). The van der Waals surface area contributed by atoms with Gasteiger partial charge in [-0.1, -0.05) is 27.7 Å². The summed E-state index contributed by atoms with van der Waals surface area (Å²) in [5.74, 6) is 1.06. The number of aromatic amines is 1. The number of aromatic nitrogens is 6. The first-order valence-electron chi connectivity index (χ1n) is 9.15. The highest BCUT2D eigenvalue weighted by Gasteiger charge is 2.21. The Hall–Kier alpha value is -2.64. The Balaban J connectivity index is 2.34. The molecular formula is C18H26N6O2. The van der Waals surface area contributed by atoms with E-state index in [1.54, 1.807) is 7.05 Å². The molecule has 0 saturated heterocycles. The van der Waals surface area contributed by atoms with Crippen LogP contribution in [-0.2, 0) is 26.4 Å². The molecule has 3 heterocycles. The molecule has 0 fully saturated rings. The zero-order valence-electron chi connectivity index (χ0n) is 16.0. The molecule has 0 aliphatic heterocycles. The van der Waals surface area contributed by atoms with Crippen LogP contribution in [0.3, 0.4) is 0 Å². The summed E-state index contributed by atoms with van der Waals surface area (Å²) in [6.07, 6.45) is 2.52. The fraction of sp³-hybridized carbons (Fsp3) is 0.556. The first-order chi connectivity index (χ1) is 12.4. The van der Waals surface area contributed by atoms with E-state index in [-0.39, 0.29) is 0 Å². The van der Waals surface area contributed by atoms with Gasteiger partial charge in [0.15, 0.2) is 11.2 Å². The normalized spacial score (nSPS) is 11.8. The standard InChI is InChI=1S/C18H26N6O2/c1-6-12-10-13(7-2)24(21-12)17-19-15-14(23(17)9-8-11(3)4)16(25)20-18(26)22(15)5/h10-11H,6-9H2,1-5H3,(H,20,25,26). The zero-order valence-corrected chi connectivity index (χ0v) is 16.0. The molecule has 0 unspecified atom stereocenters. The summed E-state index contributed by atoms with van der Waals surface area (Å²) in [6, 6.07) is 2.06. The Morgan fingerprint density at radius 2 is 1.92 bits per heavy atom. The van der Waals surface area contributed by atoms with Crippen LogP contribution in [-0.4, -0.2) is 28.9 Å². The topological polar surface area (TPSA) is 90.5 Å². The Morgan fingerprint density at radius 3 is 2.54 bits per heavy atom. The average Bonchev–Trinajstić information content (AvgIpc) is 3.18. The summed E-state index contributed by atoms with van der Waals surface area (Å²) >= 11 is 0. The summed E-state index contributed by atoms with van der Waals surface area (Å²) in [7, 11) is 1.62. The van der Waals surface area contributed by atoms with Gasteiger partial charge >= 0.3 is 5.69 Å². The van der Waals surface area contributed by atoms with Gasteiger partial charge in [-0.15, -0.1) is 0 Å². The Bertz CT molecular complexity index is 1050. The lowest BCUT2D eigenvalue weighted by atomic mass is 10.1. The highest BCUT2D eigenvalue weighted by molar-refractivity contribution is 5.72. The molecule has 140 valence electrons. The third kappa shape index (κ3) is 3.00. The van der Waals surface area contributed by atoms with Crippen molar-refractivity contribution in [2.45, 2.75) is 53.5 Å². The molecule has 0 aromatic carbocycles. The van der Waals surface area contributed by atoms with Crippen molar-refractivity contribution < 1.29 is 0 Å². The van der Waals surface area contributed by atoms with Crippen LogP contribution >= 0.6 is 0 Å². The predicted molar refractivity (Wildman–Crippen MR) is 101 cm³/mol. The maximum absolute atomic E-state index is 12.5. The van der Waals surface area contributed by atoms with Gasteiger partial charge in [-0.2, -0.15) is 10.1 Å². The minimum Gasteiger partial charge on any atom is -0.302 e. The molecule has 0 aliphatic rings. The summed E-state index contributed by atoms with van der Waals surface area (Å²) in [5, 5.41) is 4.67. The second-order valence-electron chi connectivity index (χ2n) is 6.98. The van der Waals surface area contributed by atoms with Gasteiger partial charge in [0.05, 0.1) is 5.69 Å². The molecule has 0 spiro atoms. The van der Waals surface area contributed by atoms with Crippen LogP contribution in [0.25, 0.3) is 17.1 Å². The largest absolute Gasteiger partial charge is 0.329 e. The molecule has 0 saturated carbocycles. The van der Waals surface area contributed by atoms with Crippen LogP contribution in [0.15, 0.2) is 15.7 Å². The maximum Gasteiger partial charge on any atom is 0.329 e. The fourth-order valence-electron chi connectivity index (χ4n) is 3.06. The van der Waals surface area contributed by atoms with E-state index < -0.39 is 11.2 Å². The fourth-order valence-corrected chi connectivity index (χ4v) is 3.06. The molecule has 0 aliphatic carbocycles. The van der Waals surface area contributed by atoms with Gasteiger partial charge in [-0.3, -0.25) is 14.3 Å². The van der Waals surface area contributed by atoms with E-state index >= 15 is 0 Å². The molecule has 0 atom stereocenters. The first-order valence-corrected chi connectivity index (χ1v) is 9.15. The highest BCUT2D eigenvalue weighted by Crippen LogP contribution is 2.19. The Labute approximate surface area is 151 Å². The van der Waals surface area contributed by atoms with Gasteiger partial charge in [0.2, 0.25) is 5.95 Å². The molecule has 0 radical (unpaired) electrons. The second-order valence-corrected chi connectivity index (χ2v) is 6.98. The van der Waals surface area contributed by atoms with Crippen LogP contribution in [0.4, 0.5) is 0 Å². The summed E-state index contributed by atoms with van der Waals surface area (Å²) in [6.45, 7) is 9.03. The Morgan fingerprint density at radius 1 is 1.19 bits per heavy atom. The third-order valence-corrected chi connectivity index (χ3v) is 4.66. The number of fused-ring (bicyclic) bond motifs is 1. The molecule has 3 aromatic heterocycles. The van der Waals surface area contributed by atoms with E-state index in [0.717, 1.165) is 30.7 Å². The molecule has 1 N–H and O–H groups in total. The van der Waals surface area contributed by atoms with E-state index in [1.807, 2.05) is 9.25 Å². The smallest absolute Gasteiger partial charge is 0.302 e. The number of rotatable bonds is 6. The van der Waals surface area contributed by atoms with E-state index in [2.05, 4.69) is 48.8 Å². The van der Waals surface area contributed by atoms with Gasteiger partial charge < -0.3 is 4.57 Å². The first kappa shape index (κ1) is 18.2. The van der Waals surface area contributed by atoms with Crippen molar-refractivity contribution >= 4 is 11.2 Å². The van der Waals surface area contributed by atoms with Gasteiger partial charge in [0.25, 0.3) is 5.56 Å². The summed E-state index contributed by atoms with van der Waals surface area (Å²) in [5.41, 5.74) is 1.93. The quantitative estimate of drug-likeness (QED) is 0.727. The van der Waals surface area contributed by atoms with Crippen LogP contribution in [0.1, 0.15) is 45.5 Å².